The zero-order valence-corrected chi connectivity index (χ0v) is 12.0. The monoisotopic (exact) mass is 282 g/mol. The summed E-state index contributed by atoms with van der Waals surface area (Å²) in [6.45, 7) is 5.06. The van der Waals surface area contributed by atoms with E-state index in [0.29, 0.717) is 37.3 Å². The fraction of sp³-hybridized carbons (Fsp3) is 0.462. The van der Waals surface area contributed by atoms with Crippen LogP contribution in [0.5, 0.6) is 0 Å². The van der Waals surface area contributed by atoms with Crippen molar-refractivity contribution in [2.75, 3.05) is 19.8 Å². The molecule has 0 aliphatic carbocycles. The van der Waals surface area contributed by atoms with Gasteiger partial charge in [0.25, 0.3) is 0 Å². The Balaban J connectivity index is 2.75. The molecule has 1 aromatic rings. The molecule has 1 N–H and O–H groups in total. The second-order valence-corrected chi connectivity index (χ2v) is 5.78. The molecular formula is C13H18N2O3S. The highest BCUT2D eigenvalue weighted by Gasteiger charge is 2.16. The molecule has 19 heavy (non-hydrogen) atoms. The molecule has 0 aromatic heterocycles. The van der Waals surface area contributed by atoms with Crippen LogP contribution in [0.2, 0.25) is 0 Å². The van der Waals surface area contributed by atoms with Crippen LogP contribution in [0.15, 0.2) is 23.1 Å². The van der Waals surface area contributed by atoms with E-state index in [-0.39, 0.29) is 4.90 Å². The summed E-state index contributed by atoms with van der Waals surface area (Å²) in [5.74, 6) is 0. The highest BCUT2D eigenvalue weighted by molar-refractivity contribution is 7.89. The van der Waals surface area contributed by atoms with Crippen LogP contribution in [0.4, 0.5) is 0 Å². The van der Waals surface area contributed by atoms with Crippen molar-refractivity contribution in [2.24, 2.45) is 0 Å². The molecule has 0 unspecified atom stereocenters. The van der Waals surface area contributed by atoms with E-state index >= 15 is 0 Å². The van der Waals surface area contributed by atoms with Gasteiger partial charge in [0.15, 0.2) is 0 Å². The number of rotatable bonds is 7. The first-order valence-corrected chi connectivity index (χ1v) is 7.57. The SMILES string of the molecule is CCOCCCNS(=O)(=O)c1cc(C#N)ccc1C. The number of aryl methyl sites for hydroxylation is 1. The lowest BCUT2D eigenvalue weighted by Gasteiger charge is -2.09. The van der Waals surface area contributed by atoms with Gasteiger partial charge in [-0.1, -0.05) is 6.07 Å². The molecule has 6 heteroatoms. The van der Waals surface area contributed by atoms with Crippen LogP contribution in [-0.4, -0.2) is 28.2 Å². The second-order valence-electron chi connectivity index (χ2n) is 4.04. The van der Waals surface area contributed by atoms with Gasteiger partial charge in [0.05, 0.1) is 16.5 Å². The van der Waals surface area contributed by atoms with Crippen molar-refractivity contribution in [3.05, 3.63) is 29.3 Å². The Morgan fingerprint density at radius 1 is 1.42 bits per heavy atom. The number of nitrogens with zero attached hydrogens (tertiary/aromatic N) is 1. The van der Waals surface area contributed by atoms with Crippen molar-refractivity contribution in [3.8, 4) is 6.07 Å². The van der Waals surface area contributed by atoms with E-state index in [9.17, 15) is 8.42 Å². The lowest BCUT2D eigenvalue weighted by Crippen LogP contribution is -2.26. The normalized spacial score (nSPS) is 11.2. The third kappa shape index (κ3) is 4.63. The van der Waals surface area contributed by atoms with Gasteiger partial charge in [-0.2, -0.15) is 5.26 Å². The molecule has 0 amide bonds. The third-order valence-corrected chi connectivity index (χ3v) is 4.17. The first kappa shape index (κ1) is 15.6. The van der Waals surface area contributed by atoms with E-state index in [1.54, 1.807) is 19.1 Å². The molecule has 0 bridgehead atoms. The van der Waals surface area contributed by atoms with Crippen LogP contribution < -0.4 is 4.72 Å². The van der Waals surface area contributed by atoms with Crippen molar-refractivity contribution in [2.45, 2.75) is 25.2 Å². The molecule has 0 spiro atoms. The maximum Gasteiger partial charge on any atom is 0.240 e. The van der Waals surface area contributed by atoms with Gasteiger partial charge in [0.1, 0.15) is 0 Å². The molecule has 1 aromatic carbocycles. The van der Waals surface area contributed by atoms with Gasteiger partial charge in [-0.05, 0) is 38.0 Å². The summed E-state index contributed by atoms with van der Waals surface area (Å²) < 4.78 is 31.8. The molecule has 0 heterocycles. The Kier molecular flexibility index (Phi) is 5.96. The summed E-state index contributed by atoms with van der Waals surface area (Å²) >= 11 is 0. The number of sulfonamides is 1. The summed E-state index contributed by atoms with van der Waals surface area (Å²) in [5.41, 5.74) is 0.955. The number of ether oxygens (including phenoxy) is 1. The summed E-state index contributed by atoms with van der Waals surface area (Å²) in [7, 11) is -3.57. The van der Waals surface area contributed by atoms with Crippen LogP contribution in [0.25, 0.3) is 0 Å². The van der Waals surface area contributed by atoms with Gasteiger partial charge in [-0.3, -0.25) is 0 Å². The molecule has 1 rings (SSSR count). The first-order chi connectivity index (χ1) is 9.01. The minimum atomic E-state index is -3.57. The van der Waals surface area contributed by atoms with Crippen molar-refractivity contribution in [3.63, 3.8) is 0 Å². The predicted molar refractivity (Wildman–Crippen MR) is 72.2 cm³/mol. The van der Waals surface area contributed by atoms with Crippen molar-refractivity contribution in [1.29, 1.82) is 5.26 Å². The Labute approximate surface area is 114 Å². The molecule has 0 saturated carbocycles. The fourth-order valence-corrected chi connectivity index (χ4v) is 2.90. The summed E-state index contributed by atoms with van der Waals surface area (Å²) in [6.07, 6.45) is 0.615. The Hall–Kier alpha value is -1.42. The standard InChI is InChI=1S/C13H18N2O3S/c1-3-18-8-4-7-15-19(16,17)13-9-12(10-14)6-5-11(13)2/h5-6,9,15H,3-4,7-8H2,1-2H3. The van der Waals surface area contributed by atoms with E-state index in [2.05, 4.69) is 4.72 Å². The van der Waals surface area contributed by atoms with E-state index in [4.69, 9.17) is 10.00 Å². The van der Waals surface area contributed by atoms with E-state index in [1.807, 2.05) is 13.0 Å². The Morgan fingerprint density at radius 2 is 2.16 bits per heavy atom. The number of nitriles is 1. The smallest absolute Gasteiger partial charge is 0.240 e. The van der Waals surface area contributed by atoms with Gasteiger partial charge in [-0.25, -0.2) is 13.1 Å². The van der Waals surface area contributed by atoms with E-state index < -0.39 is 10.0 Å². The fourth-order valence-electron chi connectivity index (χ4n) is 1.56. The first-order valence-electron chi connectivity index (χ1n) is 6.09. The number of hydrogen-bond acceptors (Lipinski definition) is 4. The zero-order chi connectivity index (χ0) is 14.3. The van der Waals surface area contributed by atoms with Gasteiger partial charge in [0, 0.05) is 19.8 Å². The van der Waals surface area contributed by atoms with E-state index in [0.717, 1.165) is 0 Å². The topological polar surface area (TPSA) is 79.2 Å². The van der Waals surface area contributed by atoms with Crippen LogP contribution in [-0.2, 0) is 14.8 Å². The van der Waals surface area contributed by atoms with E-state index in [1.165, 1.54) is 6.07 Å². The highest BCUT2D eigenvalue weighted by atomic mass is 32.2. The van der Waals surface area contributed by atoms with Gasteiger partial charge in [0.2, 0.25) is 10.0 Å². The molecule has 104 valence electrons. The minimum Gasteiger partial charge on any atom is -0.382 e. The quantitative estimate of drug-likeness (QED) is 0.770. The van der Waals surface area contributed by atoms with Gasteiger partial charge >= 0.3 is 0 Å². The zero-order valence-electron chi connectivity index (χ0n) is 11.1. The maximum atomic E-state index is 12.1. The molecule has 0 atom stereocenters. The second kappa shape index (κ2) is 7.24. The maximum absolute atomic E-state index is 12.1. The average Bonchev–Trinajstić information content (AvgIpc) is 2.39. The van der Waals surface area contributed by atoms with Crippen LogP contribution in [0.3, 0.4) is 0 Å². The summed E-state index contributed by atoms with van der Waals surface area (Å²) in [6, 6.07) is 6.56. The minimum absolute atomic E-state index is 0.156. The van der Waals surface area contributed by atoms with Crippen LogP contribution >= 0.6 is 0 Å². The summed E-state index contributed by atoms with van der Waals surface area (Å²) in [4.78, 5) is 0.156. The molecule has 0 radical (unpaired) electrons. The molecule has 0 fully saturated rings. The van der Waals surface area contributed by atoms with Crippen molar-refractivity contribution in [1.82, 2.24) is 4.72 Å². The van der Waals surface area contributed by atoms with Crippen LogP contribution in [0.1, 0.15) is 24.5 Å². The average molecular weight is 282 g/mol. The molecule has 5 nitrogen and oxygen atoms in total. The Morgan fingerprint density at radius 3 is 2.79 bits per heavy atom. The summed E-state index contributed by atoms with van der Waals surface area (Å²) in [5, 5.41) is 8.81. The largest absolute Gasteiger partial charge is 0.382 e. The molecule has 0 saturated heterocycles. The van der Waals surface area contributed by atoms with Crippen LogP contribution in [0, 0.1) is 18.3 Å². The Bertz CT molecular complexity index is 562. The number of benzene rings is 1. The number of hydrogen-bond donors (Lipinski definition) is 1. The van der Waals surface area contributed by atoms with Gasteiger partial charge in [-0.15, -0.1) is 0 Å². The lowest BCUT2D eigenvalue weighted by atomic mass is 10.2. The number of nitrogens with one attached hydrogen (secondary N) is 1. The lowest BCUT2D eigenvalue weighted by molar-refractivity contribution is 0.146. The van der Waals surface area contributed by atoms with Gasteiger partial charge < -0.3 is 4.74 Å². The third-order valence-electron chi connectivity index (χ3n) is 2.57. The van der Waals surface area contributed by atoms with Crippen molar-refractivity contribution < 1.29 is 13.2 Å². The molecular weight excluding hydrogens is 264 g/mol. The highest BCUT2D eigenvalue weighted by Crippen LogP contribution is 2.16. The predicted octanol–water partition coefficient (Wildman–Crippen LogP) is 1.57. The molecule has 0 aliphatic rings. The van der Waals surface area contributed by atoms with Crippen molar-refractivity contribution >= 4 is 10.0 Å². The molecule has 0 aliphatic heterocycles.